The van der Waals surface area contributed by atoms with E-state index in [9.17, 15) is 8.78 Å². The number of hydrogen-bond donors (Lipinski definition) is 1. The summed E-state index contributed by atoms with van der Waals surface area (Å²) in [7, 11) is 1.78. The van der Waals surface area contributed by atoms with Crippen LogP contribution in [0.25, 0.3) is 0 Å². The molecule has 0 aliphatic heterocycles. The summed E-state index contributed by atoms with van der Waals surface area (Å²) < 4.78 is 36.2. The number of nitrogens with zero attached hydrogens (tertiary/aromatic N) is 1. The van der Waals surface area contributed by atoms with Gasteiger partial charge in [0, 0.05) is 18.7 Å². The minimum absolute atomic E-state index is 0.00289. The van der Waals surface area contributed by atoms with Crippen molar-refractivity contribution in [2.75, 3.05) is 7.05 Å². The van der Waals surface area contributed by atoms with Crippen LogP contribution in [0.15, 0.2) is 28.8 Å². The summed E-state index contributed by atoms with van der Waals surface area (Å²) in [6.45, 7) is 0.564. The predicted molar refractivity (Wildman–Crippen MR) is 60.0 cm³/mol. The fourth-order valence-electron chi connectivity index (χ4n) is 1.42. The number of hydrogen-bond acceptors (Lipinski definition) is 4. The molecule has 0 fully saturated rings. The molecule has 1 aromatic heterocycles. The second-order valence-corrected chi connectivity index (χ2v) is 3.68. The Kier molecular flexibility index (Phi) is 3.88. The van der Waals surface area contributed by atoms with Crippen molar-refractivity contribution in [3.63, 3.8) is 0 Å². The van der Waals surface area contributed by atoms with Crippen LogP contribution in [0, 0.1) is 11.6 Å². The van der Waals surface area contributed by atoms with Crippen LogP contribution >= 0.6 is 0 Å². The van der Waals surface area contributed by atoms with Gasteiger partial charge in [0.25, 0.3) is 0 Å². The predicted octanol–water partition coefficient (Wildman–Crippen LogP) is 2.25. The molecule has 0 atom stereocenters. The Hall–Kier alpha value is -1.95. The molecule has 0 saturated carbocycles. The van der Waals surface area contributed by atoms with Crippen molar-refractivity contribution >= 4 is 0 Å². The van der Waals surface area contributed by atoms with Crippen molar-refractivity contribution in [2.45, 2.75) is 13.2 Å². The zero-order valence-electron chi connectivity index (χ0n) is 9.74. The molecule has 6 heteroatoms. The Bertz CT molecular complexity index is 529. The first-order valence-corrected chi connectivity index (χ1v) is 5.36. The molecular weight excluding hydrogens is 242 g/mol. The van der Waals surface area contributed by atoms with Gasteiger partial charge in [-0.2, -0.15) is 0 Å². The van der Waals surface area contributed by atoms with Gasteiger partial charge in [0.15, 0.2) is 17.3 Å². The van der Waals surface area contributed by atoms with Crippen LogP contribution in [-0.2, 0) is 13.2 Å². The lowest BCUT2D eigenvalue weighted by Crippen LogP contribution is -2.04. The van der Waals surface area contributed by atoms with Crippen molar-refractivity contribution in [3.05, 3.63) is 47.4 Å². The van der Waals surface area contributed by atoms with Crippen LogP contribution in [-0.4, -0.2) is 12.2 Å². The van der Waals surface area contributed by atoms with Gasteiger partial charge >= 0.3 is 0 Å². The van der Waals surface area contributed by atoms with E-state index in [0.29, 0.717) is 12.3 Å². The zero-order valence-corrected chi connectivity index (χ0v) is 9.74. The van der Waals surface area contributed by atoms with Gasteiger partial charge in [-0.05, 0) is 19.2 Å². The van der Waals surface area contributed by atoms with Gasteiger partial charge in [-0.3, -0.25) is 0 Å². The lowest BCUT2D eigenvalue weighted by molar-refractivity contribution is 0.238. The van der Waals surface area contributed by atoms with Crippen molar-refractivity contribution in [2.24, 2.45) is 0 Å². The molecule has 0 spiro atoms. The molecule has 1 aromatic carbocycles. The van der Waals surface area contributed by atoms with Crippen LogP contribution in [0.5, 0.6) is 5.75 Å². The first-order valence-electron chi connectivity index (χ1n) is 5.36. The number of aromatic nitrogens is 1. The van der Waals surface area contributed by atoms with Crippen LogP contribution in [0.1, 0.15) is 11.5 Å². The van der Waals surface area contributed by atoms with Crippen LogP contribution in [0.4, 0.5) is 8.78 Å². The number of halogens is 2. The molecule has 96 valence electrons. The van der Waals surface area contributed by atoms with E-state index in [2.05, 4.69) is 10.5 Å². The van der Waals surface area contributed by atoms with E-state index in [1.54, 1.807) is 13.1 Å². The largest absolute Gasteiger partial charge is 0.482 e. The summed E-state index contributed by atoms with van der Waals surface area (Å²) in [5.41, 5.74) is 0.718. The van der Waals surface area contributed by atoms with Gasteiger partial charge in [0.05, 0.1) is 5.69 Å². The van der Waals surface area contributed by atoms with Gasteiger partial charge < -0.3 is 14.6 Å². The maximum Gasteiger partial charge on any atom is 0.174 e. The van der Waals surface area contributed by atoms with E-state index in [4.69, 9.17) is 9.26 Å². The summed E-state index contributed by atoms with van der Waals surface area (Å²) >= 11 is 0. The van der Waals surface area contributed by atoms with Crippen molar-refractivity contribution in [1.29, 1.82) is 0 Å². The molecule has 1 heterocycles. The van der Waals surface area contributed by atoms with E-state index in [1.165, 1.54) is 0 Å². The van der Waals surface area contributed by atoms with E-state index < -0.39 is 11.6 Å². The molecule has 4 nitrogen and oxygen atoms in total. The highest BCUT2D eigenvalue weighted by Gasteiger charge is 2.08. The average Bonchev–Trinajstić information content (AvgIpc) is 2.79. The highest BCUT2D eigenvalue weighted by Crippen LogP contribution is 2.19. The molecule has 0 radical (unpaired) electrons. The van der Waals surface area contributed by atoms with Gasteiger partial charge in [0.1, 0.15) is 12.4 Å². The SMILES string of the molecule is CNCc1cc(COc2cc(F)ccc2F)on1. The normalized spacial score (nSPS) is 10.6. The fraction of sp³-hybridized carbons (Fsp3) is 0.250. The standard InChI is InChI=1S/C12H12F2N2O2/c1-15-6-9-5-10(18-16-9)7-17-12-4-8(13)2-3-11(12)14/h2-5,15H,6-7H2,1H3. The highest BCUT2D eigenvalue weighted by molar-refractivity contribution is 5.25. The van der Waals surface area contributed by atoms with E-state index >= 15 is 0 Å². The molecule has 0 aliphatic rings. The Morgan fingerprint density at radius 3 is 2.94 bits per heavy atom. The van der Waals surface area contributed by atoms with Crippen molar-refractivity contribution in [3.8, 4) is 5.75 Å². The quantitative estimate of drug-likeness (QED) is 0.889. The van der Waals surface area contributed by atoms with Gasteiger partial charge in [-0.25, -0.2) is 8.78 Å². The third-order valence-corrected chi connectivity index (χ3v) is 2.23. The molecule has 2 aromatic rings. The highest BCUT2D eigenvalue weighted by atomic mass is 19.1. The summed E-state index contributed by atoms with van der Waals surface area (Å²) in [6, 6.07) is 4.72. The van der Waals surface area contributed by atoms with Crippen LogP contribution in [0.2, 0.25) is 0 Å². The Balaban J connectivity index is 1.99. The van der Waals surface area contributed by atoms with Crippen LogP contribution in [0.3, 0.4) is 0 Å². The molecule has 0 saturated heterocycles. The monoisotopic (exact) mass is 254 g/mol. The molecule has 18 heavy (non-hydrogen) atoms. The van der Waals surface area contributed by atoms with Gasteiger partial charge in [0.2, 0.25) is 0 Å². The molecular formula is C12H12F2N2O2. The number of rotatable bonds is 5. The molecule has 2 rings (SSSR count). The maximum absolute atomic E-state index is 13.3. The third-order valence-electron chi connectivity index (χ3n) is 2.23. The van der Waals surface area contributed by atoms with Crippen molar-refractivity contribution < 1.29 is 18.0 Å². The smallest absolute Gasteiger partial charge is 0.174 e. The second kappa shape index (κ2) is 5.59. The van der Waals surface area contributed by atoms with E-state index in [1.807, 2.05) is 0 Å². The lowest BCUT2D eigenvalue weighted by Gasteiger charge is -2.04. The number of ether oxygens (including phenoxy) is 1. The first-order chi connectivity index (χ1) is 8.69. The minimum atomic E-state index is -0.619. The molecule has 1 N–H and O–H groups in total. The van der Waals surface area contributed by atoms with Gasteiger partial charge in [-0.15, -0.1) is 0 Å². The fourth-order valence-corrected chi connectivity index (χ4v) is 1.42. The number of nitrogens with one attached hydrogen (secondary N) is 1. The van der Waals surface area contributed by atoms with Crippen LogP contribution < -0.4 is 10.1 Å². The first kappa shape index (κ1) is 12.5. The second-order valence-electron chi connectivity index (χ2n) is 3.68. The average molecular weight is 254 g/mol. The molecule has 0 aliphatic carbocycles. The topological polar surface area (TPSA) is 47.3 Å². The van der Waals surface area contributed by atoms with E-state index in [0.717, 1.165) is 23.9 Å². The van der Waals surface area contributed by atoms with Crippen molar-refractivity contribution in [1.82, 2.24) is 10.5 Å². The number of benzene rings is 1. The van der Waals surface area contributed by atoms with Gasteiger partial charge in [-0.1, -0.05) is 5.16 Å². The Morgan fingerprint density at radius 2 is 2.17 bits per heavy atom. The molecule has 0 bridgehead atoms. The Morgan fingerprint density at radius 1 is 1.33 bits per heavy atom. The molecule has 0 amide bonds. The molecule has 0 unspecified atom stereocenters. The lowest BCUT2D eigenvalue weighted by atomic mass is 10.3. The summed E-state index contributed by atoms with van der Waals surface area (Å²) in [6.07, 6.45) is 0. The third kappa shape index (κ3) is 3.04. The zero-order chi connectivity index (χ0) is 13.0. The summed E-state index contributed by atoms with van der Waals surface area (Å²) in [4.78, 5) is 0. The minimum Gasteiger partial charge on any atom is -0.482 e. The maximum atomic E-state index is 13.3. The van der Waals surface area contributed by atoms with E-state index in [-0.39, 0.29) is 12.4 Å². The Labute approximate surface area is 103 Å². The summed E-state index contributed by atoms with van der Waals surface area (Å²) in [5.74, 6) is -0.878. The summed E-state index contributed by atoms with van der Waals surface area (Å²) in [5, 5.41) is 6.69.